The summed E-state index contributed by atoms with van der Waals surface area (Å²) < 4.78 is 0. The van der Waals surface area contributed by atoms with Gasteiger partial charge in [0, 0.05) is 24.0 Å². The van der Waals surface area contributed by atoms with Gasteiger partial charge in [-0.05, 0) is 49.9 Å². The molecule has 2 rings (SSSR count). The van der Waals surface area contributed by atoms with Gasteiger partial charge in [0.05, 0.1) is 5.75 Å². The molecule has 1 heterocycles. The van der Waals surface area contributed by atoms with Gasteiger partial charge in [0.15, 0.2) is 0 Å². The number of halogens is 1. The van der Waals surface area contributed by atoms with E-state index in [2.05, 4.69) is 0 Å². The molecule has 1 fully saturated rings. The van der Waals surface area contributed by atoms with Crippen LogP contribution in [-0.2, 0) is 4.79 Å². The van der Waals surface area contributed by atoms with Crippen LogP contribution in [0.3, 0.4) is 0 Å². The fraction of sp³-hybridized carbons (Fsp3) is 0.533. The quantitative estimate of drug-likeness (QED) is 0.832. The molecule has 0 radical (unpaired) electrons. The van der Waals surface area contributed by atoms with Crippen molar-refractivity contribution < 1.29 is 9.90 Å². The molecule has 1 aromatic carbocycles. The maximum atomic E-state index is 12.2. The Bertz CT molecular complexity index is 453. The first-order chi connectivity index (χ1) is 9.56. The van der Waals surface area contributed by atoms with Crippen LogP contribution in [0, 0.1) is 5.92 Å². The fourth-order valence-corrected chi connectivity index (χ4v) is 3.25. The Morgan fingerprint density at radius 3 is 2.76 bits per heavy atom. The SMILES string of the molecule is CC(N)C1CCCN(C(=O)CSc2ccc(O)cc2)C1.Cl. The van der Waals surface area contributed by atoms with Gasteiger partial charge in [-0.25, -0.2) is 0 Å². The summed E-state index contributed by atoms with van der Waals surface area (Å²) in [5.74, 6) is 1.28. The van der Waals surface area contributed by atoms with Gasteiger partial charge in [0.1, 0.15) is 5.75 Å². The second-order valence-corrected chi connectivity index (χ2v) is 6.43. The van der Waals surface area contributed by atoms with Crippen molar-refractivity contribution in [3.05, 3.63) is 24.3 Å². The van der Waals surface area contributed by atoms with Gasteiger partial charge in [-0.1, -0.05) is 0 Å². The number of nitrogens with zero attached hydrogens (tertiary/aromatic N) is 1. The minimum absolute atomic E-state index is 0. The lowest BCUT2D eigenvalue weighted by atomic mass is 9.92. The van der Waals surface area contributed by atoms with Gasteiger partial charge in [-0.15, -0.1) is 24.2 Å². The number of nitrogens with two attached hydrogens (primary N) is 1. The minimum atomic E-state index is 0. The highest BCUT2D eigenvalue weighted by Crippen LogP contribution is 2.23. The van der Waals surface area contributed by atoms with Crippen LogP contribution >= 0.6 is 24.2 Å². The molecule has 21 heavy (non-hydrogen) atoms. The predicted molar refractivity (Wildman–Crippen MR) is 89.0 cm³/mol. The number of benzene rings is 1. The predicted octanol–water partition coefficient (Wildman–Crippen LogP) is 2.49. The molecule has 0 spiro atoms. The van der Waals surface area contributed by atoms with E-state index in [1.54, 1.807) is 12.1 Å². The lowest BCUT2D eigenvalue weighted by Crippen LogP contribution is -2.45. The zero-order chi connectivity index (χ0) is 14.5. The number of aromatic hydroxyl groups is 1. The number of hydrogen-bond donors (Lipinski definition) is 2. The normalized spacial score (nSPS) is 19.7. The lowest BCUT2D eigenvalue weighted by molar-refractivity contribution is -0.130. The summed E-state index contributed by atoms with van der Waals surface area (Å²) in [5.41, 5.74) is 5.94. The zero-order valence-corrected chi connectivity index (χ0v) is 13.8. The number of likely N-dealkylation sites (tertiary alicyclic amines) is 1. The number of hydrogen-bond acceptors (Lipinski definition) is 4. The highest BCUT2D eigenvalue weighted by Gasteiger charge is 2.25. The first-order valence-electron chi connectivity index (χ1n) is 7.01. The number of thioether (sulfide) groups is 1. The first-order valence-corrected chi connectivity index (χ1v) is 8.00. The van der Waals surface area contributed by atoms with Gasteiger partial charge in [0.2, 0.25) is 5.91 Å². The molecule has 2 unspecified atom stereocenters. The van der Waals surface area contributed by atoms with Crippen molar-refractivity contribution in [1.29, 1.82) is 0 Å². The lowest BCUT2D eigenvalue weighted by Gasteiger charge is -2.34. The van der Waals surface area contributed by atoms with Crippen molar-refractivity contribution >= 4 is 30.1 Å². The average Bonchev–Trinajstić information content (AvgIpc) is 2.46. The summed E-state index contributed by atoms with van der Waals surface area (Å²) in [6, 6.07) is 7.08. The standard InChI is InChI=1S/C15H22N2O2S.ClH/c1-11(16)12-3-2-8-17(9-12)15(19)10-20-14-6-4-13(18)5-7-14;/h4-7,11-12,18H,2-3,8-10,16H2,1H3;1H. The Morgan fingerprint density at radius 1 is 1.48 bits per heavy atom. The summed E-state index contributed by atoms with van der Waals surface area (Å²) in [6.07, 6.45) is 2.16. The van der Waals surface area contributed by atoms with E-state index in [0.717, 1.165) is 30.8 Å². The molecule has 1 aromatic rings. The van der Waals surface area contributed by atoms with E-state index in [0.29, 0.717) is 11.7 Å². The van der Waals surface area contributed by atoms with Gasteiger partial charge in [0.25, 0.3) is 0 Å². The van der Waals surface area contributed by atoms with E-state index < -0.39 is 0 Å². The van der Waals surface area contributed by atoms with Gasteiger partial charge in [-0.3, -0.25) is 4.79 Å². The molecule has 1 aliphatic heterocycles. The molecule has 1 amide bonds. The number of rotatable bonds is 4. The fourth-order valence-electron chi connectivity index (χ4n) is 2.44. The molecule has 0 aliphatic carbocycles. The molecular weight excluding hydrogens is 308 g/mol. The Morgan fingerprint density at radius 2 is 2.14 bits per heavy atom. The summed E-state index contributed by atoms with van der Waals surface area (Å²) in [7, 11) is 0. The third-order valence-electron chi connectivity index (χ3n) is 3.75. The van der Waals surface area contributed by atoms with Crippen LogP contribution in [0.1, 0.15) is 19.8 Å². The highest BCUT2D eigenvalue weighted by atomic mass is 35.5. The molecule has 1 aliphatic rings. The Kier molecular flexibility index (Phi) is 7.35. The number of phenols is 1. The summed E-state index contributed by atoms with van der Waals surface area (Å²) in [6.45, 7) is 3.65. The number of carbonyl (C=O) groups excluding carboxylic acids is 1. The molecule has 118 valence electrons. The molecule has 4 nitrogen and oxygen atoms in total. The molecule has 0 saturated carbocycles. The zero-order valence-electron chi connectivity index (χ0n) is 12.2. The summed E-state index contributed by atoms with van der Waals surface area (Å²) >= 11 is 1.51. The Hall–Kier alpha value is -0.910. The number of amides is 1. The van der Waals surface area contributed by atoms with Crippen LogP contribution in [-0.4, -0.2) is 40.8 Å². The van der Waals surface area contributed by atoms with E-state index in [4.69, 9.17) is 5.73 Å². The topological polar surface area (TPSA) is 66.6 Å². The Balaban J connectivity index is 0.00000220. The van der Waals surface area contributed by atoms with E-state index >= 15 is 0 Å². The van der Waals surface area contributed by atoms with Gasteiger partial charge in [-0.2, -0.15) is 0 Å². The Labute approximate surface area is 136 Å². The van der Waals surface area contributed by atoms with Gasteiger partial charge >= 0.3 is 0 Å². The molecular formula is C15H23ClN2O2S. The minimum Gasteiger partial charge on any atom is -0.508 e. The van der Waals surface area contributed by atoms with Crippen LogP contribution in [0.25, 0.3) is 0 Å². The number of phenolic OH excluding ortho intramolecular Hbond substituents is 1. The first kappa shape index (κ1) is 18.1. The van der Waals surface area contributed by atoms with Crippen molar-refractivity contribution in [2.24, 2.45) is 11.7 Å². The third kappa shape index (κ3) is 5.41. The smallest absolute Gasteiger partial charge is 0.232 e. The van der Waals surface area contributed by atoms with Crippen LogP contribution in [0.5, 0.6) is 5.75 Å². The van der Waals surface area contributed by atoms with Crippen molar-refractivity contribution in [1.82, 2.24) is 4.90 Å². The van der Waals surface area contributed by atoms with E-state index in [9.17, 15) is 9.90 Å². The van der Waals surface area contributed by atoms with Crippen LogP contribution in [0.4, 0.5) is 0 Å². The summed E-state index contributed by atoms with van der Waals surface area (Å²) in [5, 5.41) is 9.22. The van der Waals surface area contributed by atoms with Crippen molar-refractivity contribution in [3.63, 3.8) is 0 Å². The van der Waals surface area contributed by atoms with E-state index in [-0.39, 0.29) is 30.1 Å². The van der Waals surface area contributed by atoms with Crippen LogP contribution in [0.2, 0.25) is 0 Å². The maximum Gasteiger partial charge on any atom is 0.232 e. The van der Waals surface area contributed by atoms with Crippen molar-refractivity contribution in [2.45, 2.75) is 30.7 Å². The largest absolute Gasteiger partial charge is 0.508 e. The molecule has 6 heteroatoms. The van der Waals surface area contributed by atoms with Crippen molar-refractivity contribution in [3.8, 4) is 5.75 Å². The monoisotopic (exact) mass is 330 g/mol. The molecule has 1 saturated heterocycles. The third-order valence-corrected chi connectivity index (χ3v) is 4.75. The van der Waals surface area contributed by atoms with Crippen LogP contribution in [0.15, 0.2) is 29.2 Å². The van der Waals surface area contributed by atoms with Crippen molar-refractivity contribution in [2.75, 3.05) is 18.8 Å². The molecule has 0 aromatic heterocycles. The second-order valence-electron chi connectivity index (χ2n) is 5.38. The number of piperidine rings is 1. The second kappa shape index (κ2) is 8.51. The maximum absolute atomic E-state index is 12.2. The summed E-state index contributed by atoms with van der Waals surface area (Å²) in [4.78, 5) is 15.2. The van der Waals surface area contributed by atoms with Gasteiger partial charge < -0.3 is 15.7 Å². The van der Waals surface area contributed by atoms with E-state index in [1.165, 1.54) is 11.8 Å². The number of carbonyl (C=O) groups is 1. The van der Waals surface area contributed by atoms with Crippen LogP contribution < -0.4 is 5.73 Å². The molecule has 3 N–H and O–H groups in total. The van der Waals surface area contributed by atoms with E-state index in [1.807, 2.05) is 24.0 Å². The molecule has 2 atom stereocenters. The highest BCUT2D eigenvalue weighted by molar-refractivity contribution is 8.00. The molecule has 0 bridgehead atoms. The average molecular weight is 331 g/mol.